The van der Waals surface area contributed by atoms with Crippen molar-refractivity contribution in [3.05, 3.63) is 24.3 Å². The van der Waals surface area contributed by atoms with Crippen molar-refractivity contribution in [2.45, 2.75) is 12.8 Å². The standard InChI is InChI=1S/C7H11N3/c1-6(2-8)7-3-9-5-10-4-7/h3-6H,2,8H2,1H3. The first kappa shape index (κ1) is 7.15. The molecule has 3 nitrogen and oxygen atoms in total. The molecule has 0 saturated carbocycles. The third-order valence-electron chi connectivity index (χ3n) is 1.50. The van der Waals surface area contributed by atoms with Crippen molar-refractivity contribution in [3.8, 4) is 0 Å². The lowest BCUT2D eigenvalue weighted by Crippen LogP contribution is -2.09. The normalized spacial score (nSPS) is 13.0. The summed E-state index contributed by atoms with van der Waals surface area (Å²) in [5.74, 6) is 0.362. The molecule has 0 aliphatic heterocycles. The number of nitrogens with zero attached hydrogens (tertiary/aromatic N) is 2. The fraction of sp³-hybridized carbons (Fsp3) is 0.429. The fourth-order valence-corrected chi connectivity index (χ4v) is 0.701. The summed E-state index contributed by atoms with van der Waals surface area (Å²) in [5, 5.41) is 0. The van der Waals surface area contributed by atoms with Gasteiger partial charge in [-0.05, 0) is 18.0 Å². The van der Waals surface area contributed by atoms with E-state index in [4.69, 9.17) is 5.73 Å². The Morgan fingerprint density at radius 2 is 2.10 bits per heavy atom. The van der Waals surface area contributed by atoms with E-state index in [1.54, 1.807) is 12.4 Å². The Morgan fingerprint density at radius 3 is 2.60 bits per heavy atom. The molecule has 10 heavy (non-hydrogen) atoms. The maximum Gasteiger partial charge on any atom is 0.115 e. The van der Waals surface area contributed by atoms with Gasteiger partial charge < -0.3 is 5.73 Å². The van der Waals surface area contributed by atoms with E-state index in [2.05, 4.69) is 16.9 Å². The summed E-state index contributed by atoms with van der Waals surface area (Å²) in [6.45, 7) is 2.70. The van der Waals surface area contributed by atoms with Gasteiger partial charge in [-0.3, -0.25) is 0 Å². The molecule has 1 heterocycles. The van der Waals surface area contributed by atoms with Crippen LogP contribution in [0, 0.1) is 0 Å². The number of aromatic nitrogens is 2. The average molecular weight is 137 g/mol. The van der Waals surface area contributed by atoms with Gasteiger partial charge in [-0.25, -0.2) is 9.97 Å². The van der Waals surface area contributed by atoms with E-state index in [0.29, 0.717) is 12.5 Å². The zero-order valence-electron chi connectivity index (χ0n) is 5.99. The lowest BCUT2D eigenvalue weighted by atomic mass is 10.1. The number of rotatable bonds is 2. The van der Waals surface area contributed by atoms with Gasteiger partial charge in [0.15, 0.2) is 0 Å². The van der Waals surface area contributed by atoms with Crippen LogP contribution in [0.1, 0.15) is 18.4 Å². The molecular weight excluding hydrogens is 126 g/mol. The Kier molecular flexibility index (Phi) is 2.34. The molecule has 0 amide bonds. The summed E-state index contributed by atoms with van der Waals surface area (Å²) in [7, 11) is 0. The van der Waals surface area contributed by atoms with Gasteiger partial charge in [-0.15, -0.1) is 0 Å². The van der Waals surface area contributed by atoms with Crippen LogP contribution in [0.5, 0.6) is 0 Å². The van der Waals surface area contributed by atoms with Crippen LogP contribution in [0.4, 0.5) is 0 Å². The largest absolute Gasteiger partial charge is 0.330 e. The van der Waals surface area contributed by atoms with E-state index in [1.165, 1.54) is 6.33 Å². The highest BCUT2D eigenvalue weighted by Crippen LogP contribution is 2.08. The molecule has 0 aliphatic rings. The van der Waals surface area contributed by atoms with Gasteiger partial charge in [0.05, 0.1) is 0 Å². The van der Waals surface area contributed by atoms with Crippen LogP contribution < -0.4 is 5.73 Å². The molecule has 0 spiro atoms. The highest BCUT2D eigenvalue weighted by Gasteiger charge is 2.00. The second-order valence-corrected chi connectivity index (χ2v) is 2.31. The van der Waals surface area contributed by atoms with Gasteiger partial charge in [0.25, 0.3) is 0 Å². The van der Waals surface area contributed by atoms with Crippen LogP contribution >= 0.6 is 0 Å². The Balaban J connectivity index is 2.75. The summed E-state index contributed by atoms with van der Waals surface area (Å²) in [4.78, 5) is 7.77. The Labute approximate surface area is 60.3 Å². The molecule has 0 radical (unpaired) electrons. The molecule has 1 aromatic rings. The summed E-state index contributed by atoms with van der Waals surface area (Å²) >= 11 is 0. The van der Waals surface area contributed by atoms with E-state index in [-0.39, 0.29) is 0 Å². The molecular formula is C7H11N3. The van der Waals surface area contributed by atoms with Gasteiger partial charge in [0.2, 0.25) is 0 Å². The maximum absolute atomic E-state index is 5.45. The molecule has 0 aliphatic carbocycles. The second-order valence-electron chi connectivity index (χ2n) is 2.31. The molecule has 1 atom stereocenters. The van der Waals surface area contributed by atoms with Gasteiger partial charge in [0, 0.05) is 12.4 Å². The number of hydrogen-bond donors (Lipinski definition) is 1. The maximum atomic E-state index is 5.45. The summed E-state index contributed by atoms with van der Waals surface area (Å²) in [6.07, 6.45) is 5.11. The SMILES string of the molecule is CC(CN)c1cncnc1. The quantitative estimate of drug-likeness (QED) is 0.647. The molecule has 0 bridgehead atoms. The first-order valence-corrected chi connectivity index (χ1v) is 3.29. The highest BCUT2D eigenvalue weighted by atomic mass is 14.8. The minimum Gasteiger partial charge on any atom is -0.330 e. The van der Waals surface area contributed by atoms with E-state index in [0.717, 1.165) is 5.56 Å². The fourth-order valence-electron chi connectivity index (χ4n) is 0.701. The zero-order chi connectivity index (χ0) is 7.40. The lowest BCUT2D eigenvalue weighted by molar-refractivity contribution is 0.762. The van der Waals surface area contributed by atoms with E-state index in [1.807, 2.05) is 0 Å². The van der Waals surface area contributed by atoms with Crippen LogP contribution in [0.2, 0.25) is 0 Å². The Bertz CT molecular complexity index is 185. The monoisotopic (exact) mass is 137 g/mol. The van der Waals surface area contributed by atoms with Crippen LogP contribution in [0.15, 0.2) is 18.7 Å². The molecule has 1 aromatic heterocycles. The molecule has 2 N–H and O–H groups in total. The van der Waals surface area contributed by atoms with Crippen LogP contribution in [-0.4, -0.2) is 16.5 Å². The zero-order valence-corrected chi connectivity index (χ0v) is 5.99. The first-order chi connectivity index (χ1) is 4.84. The van der Waals surface area contributed by atoms with Crippen molar-refractivity contribution < 1.29 is 0 Å². The minimum absolute atomic E-state index is 0.362. The predicted molar refractivity (Wildman–Crippen MR) is 39.5 cm³/mol. The van der Waals surface area contributed by atoms with Gasteiger partial charge in [-0.2, -0.15) is 0 Å². The van der Waals surface area contributed by atoms with E-state index < -0.39 is 0 Å². The predicted octanol–water partition coefficient (Wildman–Crippen LogP) is 0.539. The Hall–Kier alpha value is -0.960. The van der Waals surface area contributed by atoms with Crippen LogP contribution in [0.25, 0.3) is 0 Å². The molecule has 0 saturated heterocycles. The average Bonchev–Trinajstić information content (AvgIpc) is 2.05. The molecule has 3 heteroatoms. The van der Waals surface area contributed by atoms with E-state index >= 15 is 0 Å². The van der Waals surface area contributed by atoms with Crippen molar-refractivity contribution in [2.24, 2.45) is 5.73 Å². The molecule has 0 aromatic carbocycles. The van der Waals surface area contributed by atoms with Gasteiger partial charge in [0.1, 0.15) is 6.33 Å². The molecule has 54 valence electrons. The van der Waals surface area contributed by atoms with Crippen molar-refractivity contribution in [2.75, 3.05) is 6.54 Å². The van der Waals surface area contributed by atoms with Crippen molar-refractivity contribution >= 4 is 0 Å². The van der Waals surface area contributed by atoms with Crippen molar-refractivity contribution in [1.29, 1.82) is 0 Å². The third-order valence-corrected chi connectivity index (χ3v) is 1.50. The van der Waals surface area contributed by atoms with Crippen molar-refractivity contribution in [3.63, 3.8) is 0 Å². The van der Waals surface area contributed by atoms with Crippen molar-refractivity contribution in [1.82, 2.24) is 9.97 Å². The number of hydrogen-bond acceptors (Lipinski definition) is 3. The minimum atomic E-state index is 0.362. The van der Waals surface area contributed by atoms with Crippen LogP contribution in [0.3, 0.4) is 0 Å². The first-order valence-electron chi connectivity index (χ1n) is 3.29. The Morgan fingerprint density at radius 1 is 1.50 bits per heavy atom. The molecule has 0 fully saturated rings. The molecule has 1 unspecified atom stereocenters. The lowest BCUT2D eigenvalue weighted by Gasteiger charge is -2.05. The van der Waals surface area contributed by atoms with E-state index in [9.17, 15) is 0 Å². The van der Waals surface area contributed by atoms with Crippen LogP contribution in [-0.2, 0) is 0 Å². The summed E-state index contributed by atoms with van der Waals surface area (Å²) in [6, 6.07) is 0. The summed E-state index contributed by atoms with van der Waals surface area (Å²) < 4.78 is 0. The number of nitrogens with two attached hydrogens (primary N) is 1. The summed E-state index contributed by atoms with van der Waals surface area (Å²) in [5.41, 5.74) is 6.55. The van der Waals surface area contributed by atoms with Gasteiger partial charge >= 0.3 is 0 Å². The smallest absolute Gasteiger partial charge is 0.115 e. The van der Waals surface area contributed by atoms with Gasteiger partial charge in [-0.1, -0.05) is 6.92 Å². The second kappa shape index (κ2) is 3.27. The highest BCUT2D eigenvalue weighted by molar-refractivity contribution is 5.08. The third kappa shape index (κ3) is 1.51. The molecule has 1 rings (SSSR count). The topological polar surface area (TPSA) is 51.8 Å².